The lowest BCUT2D eigenvalue weighted by Crippen LogP contribution is -1.77. The summed E-state index contributed by atoms with van der Waals surface area (Å²) in [6, 6.07) is 12.7. The van der Waals surface area contributed by atoms with Gasteiger partial charge in [0.1, 0.15) is 0 Å². The molecule has 90 valence electrons. The van der Waals surface area contributed by atoms with Gasteiger partial charge in [-0.15, -0.1) is 11.8 Å². The number of benzene rings is 1. The Balaban J connectivity index is 0.000000181. The highest BCUT2D eigenvalue weighted by molar-refractivity contribution is 7.98. The highest BCUT2D eigenvalue weighted by Gasteiger charge is 1.88. The summed E-state index contributed by atoms with van der Waals surface area (Å²) in [6.45, 7) is 4.20. The van der Waals surface area contributed by atoms with Crippen LogP contribution in [0.1, 0.15) is 18.1 Å². The first-order valence-electron chi connectivity index (χ1n) is 5.75. The first-order valence-corrected chi connectivity index (χ1v) is 6.98. The number of hydrogen-bond donors (Lipinski definition) is 0. The third kappa shape index (κ3) is 5.55. The lowest BCUT2D eigenvalue weighted by atomic mass is 10.2. The lowest BCUT2D eigenvalue weighted by molar-refractivity contribution is 1.13. The molecule has 0 spiro atoms. The fourth-order valence-electron chi connectivity index (χ4n) is 1.31. The van der Waals surface area contributed by atoms with Crippen molar-refractivity contribution in [2.24, 2.45) is 0 Å². The van der Waals surface area contributed by atoms with Gasteiger partial charge in [0.05, 0.1) is 0 Å². The predicted octanol–water partition coefficient (Wildman–Crippen LogP) is 4.36. The number of hydrogen-bond acceptors (Lipinski definition) is 2. The second kappa shape index (κ2) is 7.91. The van der Waals surface area contributed by atoms with Gasteiger partial charge in [0, 0.05) is 17.3 Å². The average Bonchev–Trinajstić information content (AvgIpc) is 2.40. The molecule has 0 unspecified atom stereocenters. The summed E-state index contributed by atoms with van der Waals surface area (Å²) >= 11 is 1.79. The van der Waals surface area contributed by atoms with Crippen LogP contribution >= 0.6 is 11.8 Å². The van der Waals surface area contributed by atoms with Crippen LogP contribution in [0.3, 0.4) is 0 Å². The molecule has 2 aromatic rings. The zero-order valence-corrected chi connectivity index (χ0v) is 11.5. The first-order chi connectivity index (χ1) is 8.26. The minimum atomic E-state index is 1.13. The van der Waals surface area contributed by atoms with Gasteiger partial charge in [-0.1, -0.05) is 25.1 Å². The second-order valence-corrected chi connectivity index (χ2v) is 4.61. The van der Waals surface area contributed by atoms with Gasteiger partial charge in [-0.25, -0.2) is 0 Å². The van der Waals surface area contributed by atoms with Crippen LogP contribution in [-0.2, 0) is 6.42 Å². The molecule has 0 saturated carbocycles. The van der Waals surface area contributed by atoms with Crippen molar-refractivity contribution in [2.45, 2.75) is 25.2 Å². The molecule has 0 bridgehead atoms. The minimum absolute atomic E-state index is 1.13. The van der Waals surface area contributed by atoms with Crippen LogP contribution in [0.4, 0.5) is 0 Å². The Hall–Kier alpha value is -1.28. The topological polar surface area (TPSA) is 12.9 Å². The van der Waals surface area contributed by atoms with Crippen LogP contribution in [0.2, 0.25) is 0 Å². The Bertz CT molecular complexity index is 386. The second-order valence-electron chi connectivity index (χ2n) is 3.73. The van der Waals surface area contributed by atoms with Crippen LogP contribution in [0.15, 0.2) is 53.7 Å². The molecule has 2 rings (SSSR count). The molecule has 0 aliphatic carbocycles. The smallest absolute Gasteiger partial charge is 0.0297 e. The Labute approximate surface area is 108 Å². The Kier molecular flexibility index (Phi) is 6.41. The molecule has 17 heavy (non-hydrogen) atoms. The van der Waals surface area contributed by atoms with Crippen LogP contribution in [-0.4, -0.2) is 11.2 Å². The van der Waals surface area contributed by atoms with E-state index in [2.05, 4.69) is 42.4 Å². The summed E-state index contributed by atoms with van der Waals surface area (Å²) in [5.41, 5.74) is 2.63. The number of nitrogens with zero attached hydrogens (tertiary/aromatic N) is 1. The summed E-state index contributed by atoms with van der Waals surface area (Å²) in [6.07, 6.45) is 6.84. The van der Waals surface area contributed by atoms with Gasteiger partial charge >= 0.3 is 0 Å². The number of thioether (sulfide) groups is 1. The van der Waals surface area contributed by atoms with Gasteiger partial charge in [0.15, 0.2) is 0 Å². The van der Waals surface area contributed by atoms with Crippen LogP contribution in [0.25, 0.3) is 0 Å². The molecule has 0 N–H and O–H groups in total. The summed E-state index contributed by atoms with van der Waals surface area (Å²) in [4.78, 5) is 5.23. The van der Waals surface area contributed by atoms with E-state index in [9.17, 15) is 0 Å². The summed E-state index contributed by atoms with van der Waals surface area (Å²) < 4.78 is 0. The number of aromatic nitrogens is 1. The first kappa shape index (κ1) is 13.8. The lowest BCUT2D eigenvalue weighted by Gasteiger charge is -1.97. The zero-order chi connectivity index (χ0) is 12.5. The van der Waals surface area contributed by atoms with E-state index in [1.165, 1.54) is 16.0 Å². The number of pyridine rings is 1. The zero-order valence-electron chi connectivity index (χ0n) is 10.7. The van der Waals surface area contributed by atoms with E-state index in [0.29, 0.717) is 0 Å². The molecular formula is C15H19NS. The van der Waals surface area contributed by atoms with Crippen LogP contribution in [0, 0.1) is 6.92 Å². The minimum Gasteiger partial charge on any atom is -0.264 e. The molecule has 0 aliphatic rings. The molecule has 0 fully saturated rings. The predicted molar refractivity (Wildman–Crippen MR) is 76.6 cm³/mol. The summed E-state index contributed by atoms with van der Waals surface area (Å²) in [7, 11) is 0. The van der Waals surface area contributed by atoms with Crippen molar-refractivity contribution in [3.05, 3.63) is 59.9 Å². The van der Waals surface area contributed by atoms with Crippen molar-refractivity contribution in [3.8, 4) is 0 Å². The highest BCUT2D eigenvalue weighted by atomic mass is 32.2. The van der Waals surface area contributed by atoms with E-state index in [-0.39, 0.29) is 0 Å². The fraction of sp³-hybridized carbons (Fsp3) is 0.267. The molecule has 0 aliphatic heterocycles. The Morgan fingerprint density at radius 3 is 2.18 bits per heavy atom. The van der Waals surface area contributed by atoms with Gasteiger partial charge in [0.2, 0.25) is 0 Å². The highest BCUT2D eigenvalue weighted by Crippen LogP contribution is 2.14. The molecule has 0 radical (unpaired) electrons. The molecule has 0 saturated heterocycles. The van der Waals surface area contributed by atoms with Crippen molar-refractivity contribution in [1.82, 2.24) is 4.98 Å². The quantitative estimate of drug-likeness (QED) is 0.729. The molecule has 0 atom stereocenters. The maximum atomic E-state index is 3.88. The molecule has 2 heteroatoms. The van der Waals surface area contributed by atoms with Crippen LogP contribution < -0.4 is 0 Å². The third-order valence-electron chi connectivity index (χ3n) is 2.38. The van der Waals surface area contributed by atoms with E-state index < -0.39 is 0 Å². The van der Waals surface area contributed by atoms with E-state index in [4.69, 9.17) is 0 Å². The molecule has 1 nitrogen and oxygen atoms in total. The molecule has 1 aromatic heterocycles. The molecular weight excluding hydrogens is 226 g/mol. The van der Waals surface area contributed by atoms with Gasteiger partial charge in [-0.2, -0.15) is 0 Å². The largest absolute Gasteiger partial charge is 0.264 e. The molecule has 0 amide bonds. The van der Waals surface area contributed by atoms with E-state index in [1.54, 1.807) is 18.0 Å². The van der Waals surface area contributed by atoms with Gasteiger partial charge < -0.3 is 0 Å². The average molecular weight is 245 g/mol. The Morgan fingerprint density at radius 2 is 1.82 bits per heavy atom. The van der Waals surface area contributed by atoms with Crippen molar-refractivity contribution in [2.75, 3.05) is 6.26 Å². The SMILES string of the molecule is CCc1ccc(SC)cc1.Cc1cccnc1. The molecule has 1 aromatic carbocycles. The Morgan fingerprint density at radius 1 is 1.12 bits per heavy atom. The van der Waals surface area contributed by atoms with Gasteiger partial charge in [-0.05, 0) is 48.9 Å². The normalized spacial score (nSPS) is 9.35. The monoisotopic (exact) mass is 245 g/mol. The van der Waals surface area contributed by atoms with E-state index in [1.807, 2.05) is 25.3 Å². The third-order valence-corrected chi connectivity index (χ3v) is 3.12. The maximum Gasteiger partial charge on any atom is 0.0297 e. The summed E-state index contributed by atoms with van der Waals surface area (Å²) in [5.74, 6) is 0. The van der Waals surface area contributed by atoms with Crippen molar-refractivity contribution in [3.63, 3.8) is 0 Å². The van der Waals surface area contributed by atoms with Gasteiger partial charge in [-0.3, -0.25) is 4.98 Å². The summed E-state index contributed by atoms with van der Waals surface area (Å²) in [5, 5.41) is 0. The molecule has 1 heterocycles. The van der Waals surface area contributed by atoms with Crippen molar-refractivity contribution < 1.29 is 0 Å². The van der Waals surface area contributed by atoms with E-state index >= 15 is 0 Å². The van der Waals surface area contributed by atoms with Crippen molar-refractivity contribution in [1.29, 1.82) is 0 Å². The maximum absolute atomic E-state index is 3.88. The van der Waals surface area contributed by atoms with Crippen LogP contribution in [0.5, 0.6) is 0 Å². The number of aryl methyl sites for hydroxylation is 2. The van der Waals surface area contributed by atoms with E-state index in [0.717, 1.165) is 6.42 Å². The standard InChI is InChI=1S/C9H12S.C6H7N/c1-3-8-4-6-9(10-2)7-5-8;1-6-3-2-4-7-5-6/h4-7H,3H2,1-2H3;2-5H,1H3. The number of rotatable bonds is 2. The van der Waals surface area contributed by atoms with Gasteiger partial charge in [0.25, 0.3) is 0 Å². The fourth-order valence-corrected chi connectivity index (χ4v) is 1.72. The van der Waals surface area contributed by atoms with Crippen molar-refractivity contribution >= 4 is 11.8 Å².